The van der Waals surface area contributed by atoms with Crippen molar-refractivity contribution in [3.05, 3.63) is 77.0 Å². The molecule has 3 nitrogen and oxygen atoms in total. The fraction of sp³-hybridized carbons (Fsp3) is 0.167. The molecule has 1 aliphatic rings. The predicted octanol–water partition coefficient (Wildman–Crippen LogP) is 3.75. The lowest BCUT2D eigenvalue weighted by atomic mass is 10.0. The number of alkyl halides is 3. The topological polar surface area (TPSA) is 46.5 Å². The van der Waals surface area contributed by atoms with E-state index in [9.17, 15) is 23.1 Å². The molecule has 1 heterocycles. The first-order valence-electron chi connectivity index (χ1n) is 7.19. The van der Waals surface area contributed by atoms with Crippen LogP contribution in [-0.4, -0.2) is 17.0 Å². The molecule has 0 aliphatic carbocycles. The molecular formula is C18H13F3O3. The Morgan fingerprint density at radius 2 is 1.62 bits per heavy atom. The SMILES string of the molecule is O=C1/C(=C\c2ccccc2)O[C@@H](c2ccc(C(F)(F)F)cc2)[C@@H]1O. The van der Waals surface area contributed by atoms with Gasteiger partial charge in [0.25, 0.3) is 0 Å². The van der Waals surface area contributed by atoms with Crippen LogP contribution in [0.3, 0.4) is 0 Å². The molecule has 24 heavy (non-hydrogen) atoms. The Labute approximate surface area is 136 Å². The van der Waals surface area contributed by atoms with Gasteiger partial charge in [-0.25, -0.2) is 0 Å². The number of aliphatic hydroxyl groups excluding tert-OH is 1. The van der Waals surface area contributed by atoms with Crippen LogP contribution in [-0.2, 0) is 15.7 Å². The fourth-order valence-electron chi connectivity index (χ4n) is 2.46. The average Bonchev–Trinajstić information content (AvgIpc) is 2.84. The van der Waals surface area contributed by atoms with Gasteiger partial charge in [0.15, 0.2) is 18.0 Å². The minimum Gasteiger partial charge on any atom is -0.479 e. The highest BCUT2D eigenvalue weighted by Gasteiger charge is 2.40. The van der Waals surface area contributed by atoms with Crippen LogP contribution in [0.1, 0.15) is 22.8 Å². The summed E-state index contributed by atoms with van der Waals surface area (Å²) < 4.78 is 43.3. The molecule has 2 aromatic carbocycles. The van der Waals surface area contributed by atoms with Gasteiger partial charge in [0.2, 0.25) is 5.78 Å². The highest BCUT2D eigenvalue weighted by atomic mass is 19.4. The van der Waals surface area contributed by atoms with Gasteiger partial charge in [0, 0.05) is 0 Å². The highest BCUT2D eigenvalue weighted by Crippen LogP contribution is 2.36. The molecule has 2 atom stereocenters. The quantitative estimate of drug-likeness (QED) is 0.851. The number of rotatable bonds is 2. The second-order valence-corrected chi connectivity index (χ2v) is 5.39. The van der Waals surface area contributed by atoms with Gasteiger partial charge in [-0.1, -0.05) is 42.5 Å². The Morgan fingerprint density at radius 1 is 1.00 bits per heavy atom. The lowest BCUT2D eigenvalue weighted by molar-refractivity contribution is -0.137. The number of carbonyl (C=O) groups is 1. The summed E-state index contributed by atoms with van der Waals surface area (Å²) in [4.78, 5) is 12.1. The van der Waals surface area contributed by atoms with Crippen molar-refractivity contribution in [1.82, 2.24) is 0 Å². The van der Waals surface area contributed by atoms with E-state index in [-0.39, 0.29) is 5.76 Å². The molecule has 2 aromatic rings. The summed E-state index contributed by atoms with van der Waals surface area (Å²) in [6, 6.07) is 13.1. The number of aliphatic hydroxyl groups is 1. The number of Topliss-reactive ketones (excluding diaryl/α,β-unsaturated/α-hetero) is 1. The second-order valence-electron chi connectivity index (χ2n) is 5.39. The molecule has 1 fully saturated rings. The van der Waals surface area contributed by atoms with Crippen LogP contribution >= 0.6 is 0 Å². The van der Waals surface area contributed by atoms with E-state index in [1.54, 1.807) is 24.3 Å². The number of hydrogen-bond acceptors (Lipinski definition) is 3. The first-order valence-corrected chi connectivity index (χ1v) is 7.19. The summed E-state index contributed by atoms with van der Waals surface area (Å²) in [6.45, 7) is 0. The van der Waals surface area contributed by atoms with Crippen LogP contribution in [0.5, 0.6) is 0 Å². The van der Waals surface area contributed by atoms with Gasteiger partial charge in [-0.15, -0.1) is 0 Å². The molecule has 0 spiro atoms. The van der Waals surface area contributed by atoms with E-state index in [4.69, 9.17) is 4.74 Å². The number of hydrogen-bond donors (Lipinski definition) is 1. The Hall–Kier alpha value is -2.60. The van der Waals surface area contributed by atoms with E-state index in [0.29, 0.717) is 5.56 Å². The first kappa shape index (κ1) is 16.3. The molecule has 3 rings (SSSR count). The molecule has 124 valence electrons. The van der Waals surface area contributed by atoms with Crippen molar-refractivity contribution in [3.63, 3.8) is 0 Å². The zero-order valence-electron chi connectivity index (χ0n) is 12.3. The summed E-state index contributed by atoms with van der Waals surface area (Å²) in [5.74, 6) is -0.609. The molecule has 1 aliphatic heterocycles. The molecular weight excluding hydrogens is 321 g/mol. The first-order chi connectivity index (χ1) is 11.4. The van der Waals surface area contributed by atoms with Crippen molar-refractivity contribution in [3.8, 4) is 0 Å². The van der Waals surface area contributed by atoms with Crippen molar-refractivity contribution < 1.29 is 27.8 Å². The number of ketones is 1. The maximum Gasteiger partial charge on any atom is 0.416 e. The average molecular weight is 334 g/mol. The van der Waals surface area contributed by atoms with Crippen LogP contribution in [0.2, 0.25) is 0 Å². The molecule has 0 aromatic heterocycles. The van der Waals surface area contributed by atoms with E-state index in [2.05, 4.69) is 0 Å². The van der Waals surface area contributed by atoms with Gasteiger partial charge in [-0.3, -0.25) is 4.79 Å². The Bertz CT molecular complexity index is 764. The number of carbonyl (C=O) groups excluding carboxylic acids is 1. The molecule has 1 saturated heterocycles. The number of halogens is 3. The van der Waals surface area contributed by atoms with Gasteiger partial charge in [-0.05, 0) is 29.3 Å². The zero-order valence-corrected chi connectivity index (χ0v) is 12.3. The molecule has 0 bridgehead atoms. The minimum atomic E-state index is -4.44. The van der Waals surface area contributed by atoms with Crippen LogP contribution in [0.4, 0.5) is 13.2 Å². The third-order valence-electron chi connectivity index (χ3n) is 3.72. The summed E-state index contributed by atoms with van der Waals surface area (Å²) in [5.41, 5.74) is 0.228. The van der Waals surface area contributed by atoms with E-state index in [0.717, 1.165) is 17.7 Å². The van der Waals surface area contributed by atoms with E-state index in [1.165, 1.54) is 18.2 Å². The summed E-state index contributed by atoms with van der Waals surface area (Å²) in [5, 5.41) is 10.1. The molecule has 0 amide bonds. The smallest absolute Gasteiger partial charge is 0.416 e. The Balaban J connectivity index is 1.85. The monoisotopic (exact) mass is 334 g/mol. The fourth-order valence-corrected chi connectivity index (χ4v) is 2.46. The lowest BCUT2D eigenvalue weighted by Gasteiger charge is -2.14. The second kappa shape index (κ2) is 6.13. The van der Waals surface area contributed by atoms with Gasteiger partial charge in [0.1, 0.15) is 0 Å². The van der Waals surface area contributed by atoms with Crippen LogP contribution in [0.25, 0.3) is 6.08 Å². The zero-order chi connectivity index (χ0) is 17.3. The largest absolute Gasteiger partial charge is 0.479 e. The summed E-state index contributed by atoms with van der Waals surface area (Å²) in [7, 11) is 0. The number of benzene rings is 2. The van der Waals surface area contributed by atoms with Gasteiger partial charge < -0.3 is 9.84 Å². The van der Waals surface area contributed by atoms with E-state index in [1.807, 2.05) is 6.07 Å². The molecule has 0 radical (unpaired) electrons. The Kier molecular flexibility index (Phi) is 4.15. The molecule has 6 heteroatoms. The predicted molar refractivity (Wildman–Crippen MR) is 80.7 cm³/mol. The lowest BCUT2D eigenvalue weighted by Crippen LogP contribution is -2.20. The van der Waals surface area contributed by atoms with Crippen LogP contribution < -0.4 is 0 Å². The van der Waals surface area contributed by atoms with Crippen molar-refractivity contribution in [1.29, 1.82) is 0 Å². The third-order valence-corrected chi connectivity index (χ3v) is 3.72. The van der Waals surface area contributed by atoms with Gasteiger partial charge in [-0.2, -0.15) is 13.2 Å². The van der Waals surface area contributed by atoms with Crippen molar-refractivity contribution in [2.75, 3.05) is 0 Å². The van der Waals surface area contributed by atoms with Crippen molar-refractivity contribution >= 4 is 11.9 Å². The molecule has 1 N–H and O–H groups in total. The maximum atomic E-state index is 12.6. The highest BCUT2D eigenvalue weighted by molar-refractivity contribution is 6.02. The summed E-state index contributed by atoms with van der Waals surface area (Å²) in [6.07, 6.45) is -5.41. The number of ether oxygens (including phenoxy) is 1. The maximum absolute atomic E-state index is 12.6. The van der Waals surface area contributed by atoms with E-state index >= 15 is 0 Å². The molecule has 0 saturated carbocycles. The van der Waals surface area contributed by atoms with Gasteiger partial charge in [0.05, 0.1) is 5.56 Å². The minimum absolute atomic E-state index is 0.0152. The summed E-state index contributed by atoms with van der Waals surface area (Å²) >= 11 is 0. The van der Waals surface area contributed by atoms with Crippen molar-refractivity contribution in [2.45, 2.75) is 18.4 Å². The Morgan fingerprint density at radius 3 is 2.21 bits per heavy atom. The third kappa shape index (κ3) is 3.19. The molecule has 0 unspecified atom stereocenters. The van der Waals surface area contributed by atoms with Crippen LogP contribution in [0, 0.1) is 0 Å². The van der Waals surface area contributed by atoms with Crippen molar-refractivity contribution in [2.24, 2.45) is 0 Å². The standard InChI is InChI=1S/C18H13F3O3/c19-18(20,21)13-8-6-12(7-9-13)17-16(23)15(22)14(24-17)10-11-4-2-1-3-5-11/h1-10,16-17,23H/b14-10+/t16-,17+/m1/s1. The van der Waals surface area contributed by atoms with Crippen LogP contribution in [0.15, 0.2) is 60.4 Å². The normalized spacial score (nSPS) is 22.7. The van der Waals surface area contributed by atoms with E-state index < -0.39 is 29.7 Å². The van der Waals surface area contributed by atoms with Gasteiger partial charge >= 0.3 is 6.18 Å².